The zero-order valence-corrected chi connectivity index (χ0v) is 16.7. The van der Waals surface area contributed by atoms with Gasteiger partial charge in [-0.2, -0.15) is 0 Å². The number of nitrogens with one attached hydrogen (secondary N) is 2. The molecule has 1 atom stereocenters. The lowest BCUT2D eigenvalue weighted by Crippen LogP contribution is -2.46. The van der Waals surface area contributed by atoms with Crippen molar-refractivity contribution in [3.8, 4) is 0 Å². The van der Waals surface area contributed by atoms with Gasteiger partial charge in [0.25, 0.3) is 0 Å². The van der Waals surface area contributed by atoms with Gasteiger partial charge in [-0.15, -0.1) is 0 Å². The van der Waals surface area contributed by atoms with Gasteiger partial charge in [-0.3, -0.25) is 9.89 Å². The van der Waals surface area contributed by atoms with Crippen LogP contribution in [0.2, 0.25) is 0 Å². The van der Waals surface area contributed by atoms with E-state index in [0.29, 0.717) is 19.1 Å². The Balaban J connectivity index is 1.78. The lowest BCUT2D eigenvalue weighted by Gasteiger charge is -2.32. The van der Waals surface area contributed by atoms with Gasteiger partial charge < -0.3 is 25.0 Å². The number of ether oxygens (including phenoxy) is 2. The van der Waals surface area contributed by atoms with Crippen LogP contribution in [0.4, 0.5) is 4.79 Å². The number of morpholine rings is 1. The molecule has 2 aliphatic heterocycles. The van der Waals surface area contributed by atoms with E-state index >= 15 is 0 Å². The number of alkyl carbamates (subject to hydrolysis) is 1. The van der Waals surface area contributed by atoms with Crippen LogP contribution in [0, 0.1) is 0 Å². The Morgan fingerprint density at radius 3 is 2.62 bits per heavy atom. The molecule has 1 amide bonds. The summed E-state index contributed by atoms with van der Waals surface area (Å²) >= 11 is 0. The summed E-state index contributed by atoms with van der Waals surface area (Å²) in [7, 11) is 0. The smallest absolute Gasteiger partial charge is 0.407 e. The van der Waals surface area contributed by atoms with Gasteiger partial charge in [0.15, 0.2) is 5.96 Å². The third-order valence-electron chi connectivity index (χ3n) is 4.40. The Morgan fingerprint density at radius 1 is 1.23 bits per heavy atom. The SMILES string of the molecule is CCNC(=NCCNC(=O)OC(C)(C)C)N1CCC(N2CCOCC2)C1. The molecule has 2 fully saturated rings. The highest BCUT2D eigenvalue weighted by molar-refractivity contribution is 5.80. The second-order valence-corrected chi connectivity index (χ2v) is 7.70. The summed E-state index contributed by atoms with van der Waals surface area (Å²) in [5, 5.41) is 6.11. The highest BCUT2D eigenvalue weighted by atomic mass is 16.6. The van der Waals surface area contributed by atoms with Gasteiger partial charge in [-0.05, 0) is 34.1 Å². The summed E-state index contributed by atoms with van der Waals surface area (Å²) in [5.74, 6) is 0.925. The van der Waals surface area contributed by atoms with E-state index in [9.17, 15) is 4.79 Å². The molecular formula is C18H35N5O3. The van der Waals surface area contributed by atoms with Gasteiger partial charge in [0, 0.05) is 45.3 Å². The van der Waals surface area contributed by atoms with E-state index in [1.807, 2.05) is 20.8 Å². The summed E-state index contributed by atoms with van der Waals surface area (Å²) in [6.07, 6.45) is 0.756. The first-order valence-corrected chi connectivity index (χ1v) is 9.71. The molecule has 8 nitrogen and oxygen atoms in total. The highest BCUT2D eigenvalue weighted by Gasteiger charge is 2.30. The van der Waals surface area contributed by atoms with E-state index in [4.69, 9.17) is 9.47 Å². The summed E-state index contributed by atoms with van der Waals surface area (Å²) in [6, 6.07) is 0.572. The molecule has 0 spiro atoms. The number of aliphatic imine (C=N–C) groups is 1. The third-order valence-corrected chi connectivity index (χ3v) is 4.40. The number of carbonyl (C=O) groups is 1. The Hall–Kier alpha value is -1.54. The zero-order valence-electron chi connectivity index (χ0n) is 16.7. The predicted octanol–water partition coefficient (Wildman–Crippen LogP) is 0.883. The molecule has 2 saturated heterocycles. The number of guanidine groups is 1. The first-order chi connectivity index (χ1) is 12.4. The second-order valence-electron chi connectivity index (χ2n) is 7.70. The van der Waals surface area contributed by atoms with Crippen LogP contribution in [-0.2, 0) is 9.47 Å². The minimum absolute atomic E-state index is 0.397. The number of rotatable bonds is 5. The van der Waals surface area contributed by atoms with Crippen molar-refractivity contribution >= 4 is 12.1 Å². The van der Waals surface area contributed by atoms with E-state index in [2.05, 4.69) is 32.3 Å². The summed E-state index contributed by atoms with van der Waals surface area (Å²) in [5.41, 5.74) is -0.480. The van der Waals surface area contributed by atoms with Gasteiger partial charge in [-0.25, -0.2) is 4.79 Å². The number of amides is 1. The fourth-order valence-electron chi connectivity index (χ4n) is 3.23. The number of carbonyl (C=O) groups excluding carboxylic acids is 1. The fourth-order valence-corrected chi connectivity index (χ4v) is 3.23. The lowest BCUT2D eigenvalue weighted by molar-refractivity contribution is 0.0195. The minimum Gasteiger partial charge on any atom is -0.444 e. The molecule has 8 heteroatoms. The van der Waals surface area contributed by atoms with Crippen molar-refractivity contribution in [1.29, 1.82) is 0 Å². The maximum Gasteiger partial charge on any atom is 0.407 e. The molecule has 0 aromatic carbocycles. The standard InChI is InChI=1S/C18H35N5O3/c1-5-19-16(20-7-8-21-17(24)26-18(2,3)4)23-9-6-15(14-23)22-10-12-25-13-11-22/h15H,5-14H2,1-4H3,(H,19,20)(H,21,24). The molecule has 0 aliphatic carbocycles. The molecule has 0 saturated carbocycles. The second kappa shape index (κ2) is 9.97. The predicted molar refractivity (Wildman–Crippen MR) is 103 cm³/mol. The minimum atomic E-state index is -0.480. The van der Waals surface area contributed by atoms with Crippen LogP contribution in [0.5, 0.6) is 0 Å². The van der Waals surface area contributed by atoms with Gasteiger partial charge >= 0.3 is 6.09 Å². The van der Waals surface area contributed by atoms with Crippen LogP contribution in [0.25, 0.3) is 0 Å². The summed E-state index contributed by atoms with van der Waals surface area (Å²) in [4.78, 5) is 21.2. The Bertz CT molecular complexity index is 472. The van der Waals surface area contributed by atoms with Crippen molar-refractivity contribution < 1.29 is 14.3 Å². The van der Waals surface area contributed by atoms with Crippen molar-refractivity contribution in [2.75, 3.05) is 59.0 Å². The topological polar surface area (TPSA) is 78.4 Å². The van der Waals surface area contributed by atoms with Crippen molar-refractivity contribution in [3.63, 3.8) is 0 Å². The number of likely N-dealkylation sites (tertiary alicyclic amines) is 1. The van der Waals surface area contributed by atoms with Crippen LogP contribution < -0.4 is 10.6 Å². The van der Waals surface area contributed by atoms with E-state index < -0.39 is 11.7 Å². The molecule has 1 unspecified atom stereocenters. The van der Waals surface area contributed by atoms with E-state index in [1.165, 1.54) is 0 Å². The number of hydrogen-bond donors (Lipinski definition) is 2. The van der Waals surface area contributed by atoms with Crippen LogP contribution >= 0.6 is 0 Å². The monoisotopic (exact) mass is 369 g/mol. The molecule has 2 rings (SSSR count). The van der Waals surface area contributed by atoms with E-state index in [0.717, 1.165) is 58.3 Å². The van der Waals surface area contributed by atoms with Crippen molar-refractivity contribution in [3.05, 3.63) is 0 Å². The highest BCUT2D eigenvalue weighted by Crippen LogP contribution is 2.17. The molecule has 2 aliphatic rings. The zero-order chi connectivity index (χ0) is 19.0. The quantitative estimate of drug-likeness (QED) is 0.426. The van der Waals surface area contributed by atoms with Crippen molar-refractivity contribution in [2.45, 2.75) is 45.8 Å². The summed E-state index contributed by atoms with van der Waals surface area (Å²) in [6.45, 7) is 15.2. The van der Waals surface area contributed by atoms with Gasteiger partial charge in [0.05, 0.1) is 19.8 Å². The Labute approximate surface area is 157 Å². The molecule has 26 heavy (non-hydrogen) atoms. The van der Waals surface area contributed by atoms with Crippen LogP contribution in [0.1, 0.15) is 34.1 Å². The van der Waals surface area contributed by atoms with Gasteiger partial charge in [0.1, 0.15) is 5.60 Å². The third kappa shape index (κ3) is 6.99. The van der Waals surface area contributed by atoms with Crippen LogP contribution in [0.15, 0.2) is 4.99 Å². The molecule has 2 heterocycles. The Morgan fingerprint density at radius 2 is 1.96 bits per heavy atom. The largest absolute Gasteiger partial charge is 0.444 e. The maximum atomic E-state index is 11.7. The number of hydrogen-bond acceptors (Lipinski definition) is 5. The maximum absolute atomic E-state index is 11.7. The molecule has 0 aromatic heterocycles. The number of nitrogens with zero attached hydrogens (tertiary/aromatic N) is 3. The van der Waals surface area contributed by atoms with Crippen molar-refractivity contribution in [2.24, 2.45) is 4.99 Å². The normalized spacial score (nSPS) is 22.4. The molecule has 2 N–H and O–H groups in total. The first-order valence-electron chi connectivity index (χ1n) is 9.71. The van der Waals surface area contributed by atoms with Crippen LogP contribution in [-0.4, -0.2) is 92.5 Å². The average Bonchev–Trinajstić information content (AvgIpc) is 3.07. The fraction of sp³-hybridized carbons (Fsp3) is 0.889. The molecule has 0 aromatic rings. The molecule has 0 bridgehead atoms. The summed E-state index contributed by atoms with van der Waals surface area (Å²) < 4.78 is 10.7. The van der Waals surface area contributed by atoms with Crippen LogP contribution in [0.3, 0.4) is 0 Å². The van der Waals surface area contributed by atoms with Crippen molar-refractivity contribution in [1.82, 2.24) is 20.4 Å². The Kier molecular flexibility index (Phi) is 7.96. The molecular weight excluding hydrogens is 334 g/mol. The van der Waals surface area contributed by atoms with Gasteiger partial charge in [-0.1, -0.05) is 0 Å². The molecule has 0 radical (unpaired) electrons. The average molecular weight is 370 g/mol. The lowest BCUT2D eigenvalue weighted by atomic mass is 10.2. The first kappa shape index (κ1) is 20.8. The van der Waals surface area contributed by atoms with Gasteiger partial charge in [0.2, 0.25) is 0 Å². The van der Waals surface area contributed by atoms with E-state index in [1.54, 1.807) is 0 Å². The van der Waals surface area contributed by atoms with E-state index in [-0.39, 0.29) is 0 Å². The molecule has 150 valence electrons.